The lowest BCUT2D eigenvalue weighted by atomic mass is 9.92. The molecule has 0 bridgehead atoms. The van der Waals surface area contributed by atoms with Crippen LogP contribution in [0.1, 0.15) is 28.4 Å². The zero-order valence-electron chi connectivity index (χ0n) is 14.6. The summed E-state index contributed by atoms with van der Waals surface area (Å²) in [7, 11) is 0. The van der Waals surface area contributed by atoms with E-state index in [0.29, 0.717) is 5.56 Å². The summed E-state index contributed by atoms with van der Waals surface area (Å²) in [5.41, 5.74) is 0.903. The van der Waals surface area contributed by atoms with Crippen molar-refractivity contribution in [3.05, 3.63) is 71.3 Å². The van der Waals surface area contributed by atoms with Crippen molar-refractivity contribution in [1.82, 2.24) is 5.32 Å². The molecule has 0 aromatic heterocycles. The molecule has 0 heterocycles. The maximum absolute atomic E-state index is 12.1. The molecule has 6 nitrogen and oxygen atoms in total. The highest BCUT2D eigenvalue weighted by Gasteiger charge is 2.31. The maximum Gasteiger partial charge on any atom is 0.338 e. The van der Waals surface area contributed by atoms with Gasteiger partial charge in [-0.15, -0.1) is 0 Å². The van der Waals surface area contributed by atoms with E-state index in [4.69, 9.17) is 4.74 Å². The van der Waals surface area contributed by atoms with Crippen LogP contribution in [0, 0.1) is 5.41 Å². The molecule has 2 rings (SSSR count). The van der Waals surface area contributed by atoms with Crippen LogP contribution in [-0.4, -0.2) is 35.3 Å². The van der Waals surface area contributed by atoms with E-state index < -0.39 is 30.5 Å². The van der Waals surface area contributed by atoms with Gasteiger partial charge in [0.25, 0.3) is 0 Å². The van der Waals surface area contributed by atoms with E-state index in [0.717, 1.165) is 11.1 Å². The predicted molar refractivity (Wildman–Crippen MR) is 96.1 cm³/mol. The normalized spacial score (nSPS) is 11.0. The first-order valence-corrected chi connectivity index (χ1v) is 8.28. The van der Waals surface area contributed by atoms with Gasteiger partial charge in [0.05, 0.1) is 24.2 Å². The Balaban J connectivity index is 1.87. The van der Waals surface area contributed by atoms with Crippen LogP contribution in [0.25, 0.3) is 0 Å². The fourth-order valence-electron chi connectivity index (χ4n) is 2.15. The van der Waals surface area contributed by atoms with Gasteiger partial charge in [0, 0.05) is 6.54 Å². The number of hydrogen-bond donors (Lipinski definition) is 3. The number of carbonyl (C=O) groups is 2. The van der Waals surface area contributed by atoms with E-state index in [9.17, 15) is 19.8 Å². The molecule has 0 unspecified atom stereocenters. The molecule has 2 aromatic rings. The first kappa shape index (κ1) is 19.6. The number of benzene rings is 2. The molecular formula is C20H23NO5. The Labute approximate surface area is 152 Å². The van der Waals surface area contributed by atoms with E-state index in [1.165, 1.54) is 6.92 Å². The predicted octanol–water partition coefficient (Wildman–Crippen LogP) is 1.65. The number of esters is 1. The van der Waals surface area contributed by atoms with Gasteiger partial charge in [0.2, 0.25) is 5.91 Å². The molecule has 138 valence electrons. The van der Waals surface area contributed by atoms with Gasteiger partial charge in [0.1, 0.15) is 6.61 Å². The molecule has 26 heavy (non-hydrogen) atoms. The molecule has 3 N–H and O–H groups in total. The first-order valence-electron chi connectivity index (χ1n) is 8.28. The highest BCUT2D eigenvalue weighted by molar-refractivity contribution is 5.89. The van der Waals surface area contributed by atoms with Gasteiger partial charge in [-0.2, -0.15) is 0 Å². The van der Waals surface area contributed by atoms with Crippen LogP contribution < -0.4 is 5.32 Å². The molecule has 0 spiro atoms. The van der Waals surface area contributed by atoms with E-state index in [1.807, 2.05) is 30.3 Å². The molecule has 0 aliphatic carbocycles. The number of aliphatic hydroxyl groups excluding tert-OH is 2. The SMILES string of the molecule is CC(CO)(CO)C(=O)NCc1ccc(C(=O)OCc2ccccc2)cc1. The van der Waals surface area contributed by atoms with Crippen LogP contribution in [0.5, 0.6) is 0 Å². The van der Waals surface area contributed by atoms with Crippen LogP contribution in [0.3, 0.4) is 0 Å². The van der Waals surface area contributed by atoms with E-state index in [1.54, 1.807) is 24.3 Å². The second-order valence-corrected chi connectivity index (χ2v) is 6.32. The minimum Gasteiger partial charge on any atom is -0.457 e. The molecule has 6 heteroatoms. The molecular weight excluding hydrogens is 334 g/mol. The summed E-state index contributed by atoms with van der Waals surface area (Å²) in [6, 6.07) is 16.1. The lowest BCUT2D eigenvalue weighted by Gasteiger charge is -2.23. The quantitative estimate of drug-likeness (QED) is 0.625. The number of aliphatic hydroxyl groups is 2. The average molecular weight is 357 g/mol. The maximum atomic E-state index is 12.1. The summed E-state index contributed by atoms with van der Waals surface area (Å²) >= 11 is 0. The van der Waals surface area contributed by atoms with Crippen LogP contribution >= 0.6 is 0 Å². The molecule has 0 fully saturated rings. The molecule has 0 saturated heterocycles. The van der Waals surface area contributed by atoms with Crippen molar-refractivity contribution in [3.63, 3.8) is 0 Å². The summed E-state index contributed by atoms with van der Waals surface area (Å²) in [6.07, 6.45) is 0. The number of amides is 1. The molecule has 0 aliphatic heterocycles. The van der Waals surface area contributed by atoms with Gasteiger partial charge in [-0.25, -0.2) is 4.79 Å². The summed E-state index contributed by atoms with van der Waals surface area (Å²) < 4.78 is 5.26. The molecule has 0 atom stereocenters. The number of nitrogens with one attached hydrogen (secondary N) is 1. The van der Waals surface area contributed by atoms with Crippen molar-refractivity contribution in [1.29, 1.82) is 0 Å². The van der Waals surface area contributed by atoms with Crippen LogP contribution in [0.15, 0.2) is 54.6 Å². The van der Waals surface area contributed by atoms with Gasteiger partial charge in [0.15, 0.2) is 0 Å². The Morgan fingerprint density at radius 3 is 2.15 bits per heavy atom. The van der Waals surface area contributed by atoms with Gasteiger partial charge >= 0.3 is 5.97 Å². The minimum absolute atomic E-state index is 0.207. The number of carbonyl (C=O) groups excluding carboxylic acids is 2. The van der Waals surface area contributed by atoms with E-state index >= 15 is 0 Å². The van der Waals surface area contributed by atoms with Crippen LogP contribution in [0.4, 0.5) is 0 Å². The Morgan fingerprint density at radius 1 is 0.962 bits per heavy atom. The van der Waals surface area contributed by atoms with Crippen molar-refractivity contribution < 1.29 is 24.5 Å². The second-order valence-electron chi connectivity index (χ2n) is 6.32. The zero-order chi connectivity index (χ0) is 19.0. The van der Waals surface area contributed by atoms with Gasteiger partial charge in [-0.3, -0.25) is 4.79 Å². The molecule has 0 radical (unpaired) electrons. The third-order valence-electron chi connectivity index (χ3n) is 4.10. The third kappa shape index (κ3) is 5.15. The topological polar surface area (TPSA) is 95.9 Å². The van der Waals surface area contributed by atoms with Gasteiger partial charge < -0.3 is 20.3 Å². The molecule has 0 saturated carbocycles. The minimum atomic E-state index is -1.22. The summed E-state index contributed by atoms with van der Waals surface area (Å²) in [5, 5.41) is 21.1. The zero-order valence-corrected chi connectivity index (χ0v) is 14.6. The van der Waals surface area contributed by atoms with Crippen molar-refractivity contribution in [2.75, 3.05) is 13.2 Å². The summed E-state index contributed by atoms with van der Waals surface area (Å²) in [6.45, 7) is 1.03. The monoisotopic (exact) mass is 357 g/mol. The summed E-state index contributed by atoms with van der Waals surface area (Å²) in [5.74, 6) is -0.855. The van der Waals surface area contributed by atoms with Crippen LogP contribution in [0.2, 0.25) is 0 Å². The number of ether oxygens (including phenoxy) is 1. The molecule has 2 aromatic carbocycles. The highest BCUT2D eigenvalue weighted by Crippen LogP contribution is 2.15. The van der Waals surface area contributed by atoms with Gasteiger partial charge in [-0.05, 0) is 30.2 Å². The standard InChI is InChI=1S/C20H23NO5/c1-20(13-22,14-23)19(25)21-11-15-7-9-17(10-8-15)18(24)26-12-16-5-3-2-4-6-16/h2-10,22-23H,11-14H2,1H3,(H,21,25). The second kappa shape index (κ2) is 9.12. The Bertz CT molecular complexity index is 724. The lowest BCUT2D eigenvalue weighted by Crippen LogP contribution is -2.43. The Kier molecular flexibility index (Phi) is 6.89. The molecule has 1 amide bonds. The van der Waals surface area contributed by atoms with Crippen molar-refractivity contribution >= 4 is 11.9 Å². The fourth-order valence-corrected chi connectivity index (χ4v) is 2.15. The van der Waals surface area contributed by atoms with Crippen LogP contribution in [-0.2, 0) is 22.7 Å². The highest BCUT2D eigenvalue weighted by atomic mass is 16.5. The van der Waals surface area contributed by atoms with Crippen molar-refractivity contribution in [2.45, 2.75) is 20.1 Å². The first-order chi connectivity index (χ1) is 12.5. The third-order valence-corrected chi connectivity index (χ3v) is 4.10. The Morgan fingerprint density at radius 2 is 1.58 bits per heavy atom. The summed E-state index contributed by atoms with van der Waals surface area (Å²) in [4.78, 5) is 24.0. The van der Waals surface area contributed by atoms with E-state index in [-0.39, 0.29) is 13.2 Å². The smallest absolute Gasteiger partial charge is 0.338 e. The van der Waals surface area contributed by atoms with Gasteiger partial charge in [-0.1, -0.05) is 42.5 Å². The van der Waals surface area contributed by atoms with E-state index in [2.05, 4.69) is 5.32 Å². The molecule has 0 aliphatic rings. The largest absolute Gasteiger partial charge is 0.457 e. The fraction of sp³-hybridized carbons (Fsp3) is 0.300. The van der Waals surface area contributed by atoms with Crippen molar-refractivity contribution in [3.8, 4) is 0 Å². The number of rotatable bonds is 8. The van der Waals surface area contributed by atoms with Crippen molar-refractivity contribution in [2.24, 2.45) is 5.41 Å². The Hall–Kier alpha value is -2.70. The lowest BCUT2D eigenvalue weighted by molar-refractivity contribution is -0.135. The average Bonchev–Trinajstić information content (AvgIpc) is 2.70. The number of hydrogen-bond acceptors (Lipinski definition) is 5.